The Hall–Kier alpha value is -1.41. The van der Waals surface area contributed by atoms with Crippen LogP contribution in [0.25, 0.3) is 4.98 Å². The van der Waals surface area contributed by atoms with Crippen molar-refractivity contribution in [2.75, 3.05) is 14.2 Å². The van der Waals surface area contributed by atoms with E-state index in [1.807, 2.05) is 0 Å². The van der Waals surface area contributed by atoms with Crippen molar-refractivity contribution in [2.24, 2.45) is 0 Å². The zero-order chi connectivity index (χ0) is 9.84. The van der Waals surface area contributed by atoms with Crippen LogP contribution in [0.5, 0.6) is 11.5 Å². The minimum Gasteiger partial charge on any atom is -0.495 e. The third-order valence-electron chi connectivity index (χ3n) is 1.59. The molecular formula is C8H9N2O2S+. The van der Waals surface area contributed by atoms with E-state index in [1.165, 1.54) is 14.2 Å². The van der Waals surface area contributed by atoms with E-state index in [2.05, 4.69) is 17.6 Å². The van der Waals surface area contributed by atoms with E-state index in [0.29, 0.717) is 22.1 Å². The van der Waals surface area contributed by atoms with Crippen LogP contribution in [0.3, 0.4) is 0 Å². The third-order valence-corrected chi connectivity index (χ3v) is 1.94. The van der Waals surface area contributed by atoms with E-state index in [-0.39, 0.29) is 0 Å². The first kappa shape index (κ1) is 9.68. The fraction of sp³-hybridized carbons (Fsp3) is 0.250. The monoisotopic (exact) mass is 197 g/mol. The number of ether oxygens (including phenoxy) is 2. The number of rotatable bonds is 2. The molecule has 0 amide bonds. The fourth-order valence-electron chi connectivity index (χ4n) is 0.944. The second-order valence-electron chi connectivity index (χ2n) is 2.30. The summed E-state index contributed by atoms with van der Waals surface area (Å²) in [5.41, 5.74) is 0.317. The summed E-state index contributed by atoms with van der Waals surface area (Å²) in [6.45, 7) is 0. The zero-order valence-corrected chi connectivity index (χ0v) is 8.21. The number of hydrogen-bond donors (Lipinski definition) is 1. The van der Waals surface area contributed by atoms with Crippen LogP contribution >= 0.6 is 12.6 Å². The number of methoxy groups -OCH3 is 2. The number of nitrogens with zero attached hydrogens (tertiary/aromatic N) is 2. The Morgan fingerprint density at radius 1 is 1.23 bits per heavy atom. The summed E-state index contributed by atoms with van der Waals surface area (Å²) in [4.78, 5) is 3.68. The molecule has 0 spiro atoms. The predicted molar refractivity (Wildman–Crippen MR) is 51.5 cm³/mol. The summed E-state index contributed by atoms with van der Waals surface area (Å²) in [5.74, 6) is 0.991. The van der Waals surface area contributed by atoms with Crippen molar-refractivity contribution < 1.29 is 9.47 Å². The zero-order valence-electron chi connectivity index (χ0n) is 7.31. The lowest BCUT2D eigenvalue weighted by Gasteiger charge is -2.02. The van der Waals surface area contributed by atoms with Crippen molar-refractivity contribution in [3.05, 3.63) is 17.1 Å². The van der Waals surface area contributed by atoms with Gasteiger partial charge in [-0.3, -0.25) is 0 Å². The summed E-state index contributed by atoms with van der Waals surface area (Å²) in [6, 6.07) is 3.16. The Bertz CT molecular complexity index is 360. The molecule has 0 saturated carbocycles. The highest BCUT2D eigenvalue weighted by molar-refractivity contribution is 7.80. The van der Waals surface area contributed by atoms with Gasteiger partial charge in [0, 0.05) is 6.07 Å². The molecule has 1 rings (SSSR count). The summed E-state index contributed by atoms with van der Waals surface area (Å²) < 4.78 is 9.94. The van der Waals surface area contributed by atoms with Crippen LogP contribution in [-0.4, -0.2) is 14.2 Å². The molecule has 0 saturated heterocycles. The van der Waals surface area contributed by atoms with Gasteiger partial charge in [0.25, 0.3) is 0 Å². The maximum absolute atomic E-state index is 8.62. The van der Waals surface area contributed by atoms with Crippen molar-refractivity contribution in [2.45, 2.75) is 4.90 Å². The lowest BCUT2D eigenvalue weighted by atomic mass is 10.3. The first-order chi connectivity index (χ1) is 6.22. The highest BCUT2D eigenvalue weighted by Gasteiger charge is 2.18. The Morgan fingerprint density at radius 2 is 1.85 bits per heavy atom. The molecule has 13 heavy (non-hydrogen) atoms. The Morgan fingerprint density at radius 3 is 2.31 bits per heavy atom. The third kappa shape index (κ3) is 1.84. The molecule has 0 bridgehead atoms. The van der Waals surface area contributed by atoms with E-state index >= 15 is 0 Å². The van der Waals surface area contributed by atoms with Crippen LogP contribution in [0.4, 0.5) is 5.69 Å². The van der Waals surface area contributed by atoms with Gasteiger partial charge in [0.2, 0.25) is 11.1 Å². The molecule has 0 fully saturated rings. The maximum Gasteiger partial charge on any atom is 0.430 e. The van der Waals surface area contributed by atoms with Gasteiger partial charge >= 0.3 is 5.69 Å². The van der Waals surface area contributed by atoms with Gasteiger partial charge in [-0.15, -0.1) is 12.6 Å². The number of diazo groups is 1. The standard InChI is InChI=1S/C8H8N2O2S/c1-11-6-4-8(13)7(12-2)3-5(6)10-9/h3-4H,1-2H3/p+1. The molecule has 0 N–H and O–H groups in total. The highest BCUT2D eigenvalue weighted by atomic mass is 32.1. The molecule has 0 aliphatic heterocycles. The van der Waals surface area contributed by atoms with E-state index in [1.54, 1.807) is 12.1 Å². The van der Waals surface area contributed by atoms with Crippen molar-refractivity contribution in [3.8, 4) is 11.5 Å². The largest absolute Gasteiger partial charge is 0.495 e. The average Bonchev–Trinajstić information content (AvgIpc) is 2.17. The number of hydrogen-bond acceptors (Lipinski definition) is 4. The molecule has 0 atom stereocenters. The molecule has 0 unspecified atom stereocenters. The van der Waals surface area contributed by atoms with Gasteiger partial charge in [0.1, 0.15) is 5.75 Å². The summed E-state index contributed by atoms with van der Waals surface area (Å²) in [5, 5.41) is 8.62. The predicted octanol–water partition coefficient (Wildman–Crippen LogP) is 2.48. The molecule has 0 heterocycles. The van der Waals surface area contributed by atoms with Gasteiger partial charge in [0.05, 0.1) is 25.2 Å². The van der Waals surface area contributed by atoms with Crippen molar-refractivity contribution in [1.82, 2.24) is 0 Å². The summed E-state index contributed by atoms with van der Waals surface area (Å²) >= 11 is 4.16. The average molecular weight is 197 g/mol. The first-order valence-electron chi connectivity index (χ1n) is 3.53. The molecule has 0 aromatic heterocycles. The summed E-state index contributed by atoms with van der Waals surface area (Å²) in [6.07, 6.45) is 0. The van der Waals surface area contributed by atoms with E-state index in [0.717, 1.165) is 0 Å². The molecular weight excluding hydrogens is 188 g/mol. The fourth-order valence-corrected chi connectivity index (χ4v) is 1.22. The van der Waals surface area contributed by atoms with Gasteiger partial charge < -0.3 is 9.47 Å². The van der Waals surface area contributed by atoms with Crippen LogP contribution in [0.2, 0.25) is 0 Å². The van der Waals surface area contributed by atoms with Gasteiger partial charge in [-0.1, -0.05) is 0 Å². The second kappa shape index (κ2) is 4.01. The van der Waals surface area contributed by atoms with Crippen LogP contribution in [0.1, 0.15) is 0 Å². The smallest absolute Gasteiger partial charge is 0.430 e. The molecule has 0 aliphatic carbocycles. The van der Waals surface area contributed by atoms with E-state index < -0.39 is 0 Å². The second-order valence-corrected chi connectivity index (χ2v) is 2.78. The molecule has 1 aromatic rings. The highest BCUT2D eigenvalue weighted by Crippen LogP contribution is 2.36. The van der Waals surface area contributed by atoms with Gasteiger partial charge in [-0.25, -0.2) is 0 Å². The van der Waals surface area contributed by atoms with E-state index in [9.17, 15) is 0 Å². The Labute approximate surface area is 81.5 Å². The molecule has 0 radical (unpaired) electrons. The van der Waals surface area contributed by atoms with Crippen molar-refractivity contribution in [1.29, 1.82) is 5.39 Å². The lowest BCUT2D eigenvalue weighted by Crippen LogP contribution is -1.87. The first-order valence-corrected chi connectivity index (χ1v) is 3.97. The molecule has 0 aliphatic rings. The van der Waals surface area contributed by atoms with Crippen molar-refractivity contribution >= 4 is 18.3 Å². The minimum absolute atomic E-state index is 0.317. The number of benzene rings is 1. The lowest BCUT2D eigenvalue weighted by molar-refractivity contribution is 0.396. The van der Waals surface area contributed by atoms with Gasteiger partial charge in [-0.05, 0) is 0 Å². The molecule has 1 aromatic carbocycles. The SMILES string of the molecule is COc1cc([N+]#N)c(OC)cc1S. The van der Waals surface area contributed by atoms with Crippen LogP contribution in [0.15, 0.2) is 17.0 Å². The normalized spacial score (nSPS) is 9.08. The molecule has 5 heteroatoms. The quantitative estimate of drug-likeness (QED) is 0.585. The summed E-state index contributed by atoms with van der Waals surface area (Å²) in [7, 11) is 3.01. The number of thiol groups is 1. The minimum atomic E-state index is 0.317. The topological polar surface area (TPSA) is 46.6 Å². The van der Waals surface area contributed by atoms with Crippen LogP contribution in [-0.2, 0) is 0 Å². The molecule has 4 nitrogen and oxygen atoms in total. The van der Waals surface area contributed by atoms with Crippen LogP contribution in [0, 0.1) is 5.39 Å². The van der Waals surface area contributed by atoms with Gasteiger partial charge in [0.15, 0.2) is 4.98 Å². The Kier molecular flexibility index (Phi) is 2.98. The Balaban J connectivity index is 3.28. The van der Waals surface area contributed by atoms with Gasteiger partial charge in [-0.2, -0.15) is 0 Å². The molecule has 68 valence electrons. The van der Waals surface area contributed by atoms with Crippen molar-refractivity contribution in [3.63, 3.8) is 0 Å². The van der Waals surface area contributed by atoms with Crippen LogP contribution < -0.4 is 9.47 Å². The maximum atomic E-state index is 8.62. The van der Waals surface area contributed by atoms with E-state index in [4.69, 9.17) is 14.9 Å².